The highest BCUT2D eigenvalue weighted by atomic mass is 16.5. The smallest absolute Gasteiger partial charge is 0.254 e. The first-order valence-electron chi connectivity index (χ1n) is 5.81. The highest BCUT2D eigenvalue weighted by molar-refractivity contribution is 5.95. The van der Waals surface area contributed by atoms with Gasteiger partial charge < -0.3 is 15.4 Å². The number of benzene rings is 1. The van der Waals surface area contributed by atoms with Gasteiger partial charge in [0.05, 0.1) is 7.11 Å². The highest BCUT2D eigenvalue weighted by Crippen LogP contribution is 2.21. The van der Waals surface area contributed by atoms with Crippen LogP contribution in [0, 0.1) is 6.92 Å². The van der Waals surface area contributed by atoms with Crippen molar-refractivity contribution in [3.63, 3.8) is 0 Å². The Bertz CT molecular complexity index is 431. The van der Waals surface area contributed by atoms with Crippen LogP contribution in [0.4, 0.5) is 0 Å². The van der Waals surface area contributed by atoms with Crippen molar-refractivity contribution in [2.45, 2.75) is 19.4 Å². The minimum Gasteiger partial charge on any atom is -0.496 e. The Hall–Kier alpha value is -1.55. The first-order chi connectivity index (χ1) is 8.11. The number of aryl methyl sites for hydroxylation is 1. The second-order valence-corrected chi connectivity index (χ2v) is 4.48. The van der Waals surface area contributed by atoms with Gasteiger partial charge in [0, 0.05) is 24.7 Å². The van der Waals surface area contributed by atoms with E-state index < -0.39 is 0 Å². The Labute approximate surface area is 101 Å². The second kappa shape index (κ2) is 4.75. The van der Waals surface area contributed by atoms with Crippen molar-refractivity contribution in [1.29, 1.82) is 0 Å². The Kier molecular flexibility index (Phi) is 3.33. The van der Waals surface area contributed by atoms with Crippen molar-refractivity contribution in [1.82, 2.24) is 4.90 Å². The van der Waals surface area contributed by atoms with E-state index in [4.69, 9.17) is 10.5 Å². The molecule has 1 fully saturated rings. The molecular weight excluding hydrogens is 216 g/mol. The molecule has 1 saturated heterocycles. The lowest BCUT2D eigenvalue weighted by atomic mass is 10.1. The lowest BCUT2D eigenvalue weighted by Crippen LogP contribution is -2.31. The maximum absolute atomic E-state index is 12.2. The van der Waals surface area contributed by atoms with Gasteiger partial charge in [-0.05, 0) is 31.0 Å². The molecule has 1 atom stereocenters. The zero-order valence-electron chi connectivity index (χ0n) is 10.3. The van der Waals surface area contributed by atoms with Crippen LogP contribution in [0.1, 0.15) is 22.3 Å². The monoisotopic (exact) mass is 234 g/mol. The van der Waals surface area contributed by atoms with E-state index in [2.05, 4.69) is 0 Å². The third-order valence-electron chi connectivity index (χ3n) is 3.17. The predicted molar refractivity (Wildman–Crippen MR) is 66.2 cm³/mol. The standard InChI is InChI=1S/C13H18N2O2/c1-9-3-4-10(7-12(9)17-2)13(16)15-6-5-11(14)8-15/h3-4,7,11H,5-6,8,14H2,1-2H3/t11-/m1/s1. The highest BCUT2D eigenvalue weighted by Gasteiger charge is 2.24. The van der Waals surface area contributed by atoms with Crippen molar-refractivity contribution in [3.05, 3.63) is 29.3 Å². The van der Waals surface area contributed by atoms with E-state index in [1.807, 2.05) is 19.1 Å². The number of nitrogens with two attached hydrogens (primary N) is 1. The van der Waals surface area contributed by atoms with Crippen molar-refractivity contribution in [2.75, 3.05) is 20.2 Å². The van der Waals surface area contributed by atoms with Gasteiger partial charge in [-0.25, -0.2) is 0 Å². The molecule has 1 amide bonds. The van der Waals surface area contributed by atoms with Crippen LogP contribution in [0.15, 0.2) is 18.2 Å². The van der Waals surface area contributed by atoms with Gasteiger partial charge in [0.15, 0.2) is 0 Å². The molecule has 92 valence electrons. The fraction of sp³-hybridized carbons (Fsp3) is 0.462. The first-order valence-corrected chi connectivity index (χ1v) is 5.81. The molecule has 0 radical (unpaired) electrons. The minimum absolute atomic E-state index is 0.0382. The van der Waals surface area contributed by atoms with Gasteiger partial charge in [-0.3, -0.25) is 4.79 Å². The number of amides is 1. The summed E-state index contributed by atoms with van der Waals surface area (Å²) in [6, 6.07) is 5.65. The number of carbonyl (C=O) groups excluding carboxylic acids is 1. The molecular formula is C13H18N2O2. The number of hydrogen-bond donors (Lipinski definition) is 1. The molecule has 0 aliphatic carbocycles. The number of hydrogen-bond acceptors (Lipinski definition) is 3. The Morgan fingerprint density at radius 1 is 1.53 bits per heavy atom. The molecule has 0 bridgehead atoms. The van der Waals surface area contributed by atoms with Crippen molar-refractivity contribution >= 4 is 5.91 Å². The number of rotatable bonds is 2. The van der Waals surface area contributed by atoms with Crippen LogP contribution in [0.5, 0.6) is 5.75 Å². The molecule has 1 aromatic carbocycles. The van der Waals surface area contributed by atoms with Crippen LogP contribution in [-0.4, -0.2) is 37.0 Å². The van der Waals surface area contributed by atoms with E-state index in [1.54, 1.807) is 18.1 Å². The van der Waals surface area contributed by atoms with Crippen LogP contribution < -0.4 is 10.5 Å². The summed E-state index contributed by atoms with van der Waals surface area (Å²) >= 11 is 0. The van der Waals surface area contributed by atoms with E-state index in [9.17, 15) is 4.79 Å². The van der Waals surface area contributed by atoms with Crippen molar-refractivity contribution in [3.8, 4) is 5.75 Å². The van der Waals surface area contributed by atoms with Crippen LogP contribution in [-0.2, 0) is 0 Å². The fourth-order valence-electron chi connectivity index (χ4n) is 2.11. The van der Waals surface area contributed by atoms with Gasteiger partial charge in [0.1, 0.15) is 5.75 Å². The molecule has 2 N–H and O–H groups in total. The van der Waals surface area contributed by atoms with Gasteiger partial charge in [-0.15, -0.1) is 0 Å². The molecule has 0 aromatic heterocycles. The molecule has 0 unspecified atom stereocenters. The average molecular weight is 234 g/mol. The number of ether oxygens (including phenoxy) is 1. The van der Waals surface area contributed by atoms with Crippen molar-refractivity contribution < 1.29 is 9.53 Å². The zero-order chi connectivity index (χ0) is 12.4. The summed E-state index contributed by atoms with van der Waals surface area (Å²) < 4.78 is 5.22. The molecule has 0 spiro atoms. The van der Waals surface area contributed by atoms with Gasteiger partial charge in [0.25, 0.3) is 5.91 Å². The van der Waals surface area contributed by atoms with Gasteiger partial charge in [-0.1, -0.05) is 6.07 Å². The first kappa shape index (κ1) is 11.9. The van der Waals surface area contributed by atoms with Crippen LogP contribution >= 0.6 is 0 Å². The Balaban J connectivity index is 2.19. The molecule has 1 aromatic rings. The lowest BCUT2D eigenvalue weighted by molar-refractivity contribution is 0.0790. The molecule has 17 heavy (non-hydrogen) atoms. The number of methoxy groups -OCH3 is 1. The summed E-state index contributed by atoms with van der Waals surface area (Å²) in [5.41, 5.74) is 7.50. The summed E-state index contributed by atoms with van der Waals surface area (Å²) in [5.74, 6) is 0.788. The van der Waals surface area contributed by atoms with Crippen LogP contribution in [0.25, 0.3) is 0 Å². The fourth-order valence-corrected chi connectivity index (χ4v) is 2.11. The summed E-state index contributed by atoms with van der Waals surface area (Å²) in [6.45, 7) is 3.35. The van der Waals surface area contributed by atoms with Crippen LogP contribution in [0.3, 0.4) is 0 Å². The van der Waals surface area contributed by atoms with Gasteiger partial charge >= 0.3 is 0 Å². The number of nitrogens with zero attached hydrogens (tertiary/aromatic N) is 1. The summed E-state index contributed by atoms with van der Waals surface area (Å²) in [4.78, 5) is 14.0. The van der Waals surface area contributed by atoms with Gasteiger partial charge in [-0.2, -0.15) is 0 Å². The van der Waals surface area contributed by atoms with E-state index in [0.717, 1.165) is 24.3 Å². The Morgan fingerprint density at radius 3 is 2.88 bits per heavy atom. The number of likely N-dealkylation sites (tertiary alicyclic amines) is 1. The molecule has 1 heterocycles. The van der Waals surface area contributed by atoms with Crippen molar-refractivity contribution in [2.24, 2.45) is 5.73 Å². The molecule has 0 saturated carbocycles. The zero-order valence-corrected chi connectivity index (χ0v) is 10.3. The summed E-state index contributed by atoms with van der Waals surface area (Å²) in [7, 11) is 1.61. The molecule has 1 aliphatic rings. The largest absolute Gasteiger partial charge is 0.496 e. The molecule has 4 nitrogen and oxygen atoms in total. The molecule has 4 heteroatoms. The number of carbonyl (C=O) groups is 1. The second-order valence-electron chi connectivity index (χ2n) is 4.48. The third kappa shape index (κ3) is 2.42. The van der Waals surface area contributed by atoms with Gasteiger partial charge in [0.2, 0.25) is 0 Å². The molecule has 2 rings (SSSR count). The summed E-state index contributed by atoms with van der Waals surface area (Å²) in [5, 5.41) is 0. The maximum atomic E-state index is 12.2. The van der Waals surface area contributed by atoms with E-state index in [0.29, 0.717) is 12.1 Å². The summed E-state index contributed by atoms with van der Waals surface area (Å²) in [6.07, 6.45) is 0.884. The average Bonchev–Trinajstić information content (AvgIpc) is 2.75. The normalized spacial score (nSPS) is 19.5. The van der Waals surface area contributed by atoms with E-state index in [-0.39, 0.29) is 11.9 Å². The van der Waals surface area contributed by atoms with Crippen LogP contribution in [0.2, 0.25) is 0 Å². The SMILES string of the molecule is COc1cc(C(=O)N2CC[C@@H](N)C2)ccc1C. The lowest BCUT2D eigenvalue weighted by Gasteiger charge is -2.16. The Morgan fingerprint density at radius 2 is 2.29 bits per heavy atom. The van der Waals surface area contributed by atoms with E-state index >= 15 is 0 Å². The molecule has 1 aliphatic heterocycles. The topological polar surface area (TPSA) is 55.6 Å². The maximum Gasteiger partial charge on any atom is 0.254 e. The third-order valence-corrected chi connectivity index (χ3v) is 3.17. The minimum atomic E-state index is 0.0382. The quantitative estimate of drug-likeness (QED) is 0.836. The predicted octanol–water partition coefficient (Wildman–Crippen LogP) is 1.18. The van der Waals surface area contributed by atoms with E-state index in [1.165, 1.54) is 0 Å².